The fourth-order valence-electron chi connectivity index (χ4n) is 4.40. The van der Waals surface area contributed by atoms with Crippen molar-refractivity contribution in [2.75, 3.05) is 38.2 Å². The number of rotatable bonds is 7. The zero-order valence-electron chi connectivity index (χ0n) is 18.9. The molecule has 0 aliphatic carbocycles. The summed E-state index contributed by atoms with van der Waals surface area (Å²) in [7, 11) is 1.37. The lowest BCUT2D eigenvalue weighted by molar-refractivity contribution is 0.0600. The second-order valence-corrected chi connectivity index (χ2v) is 8.12. The Kier molecular flexibility index (Phi) is 6.95. The zero-order valence-corrected chi connectivity index (χ0v) is 18.9. The third-order valence-corrected chi connectivity index (χ3v) is 6.04. The summed E-state index contributed by atoms with van der Waals surface area (Å²) in [6, 6.07) is 7.59. The van der Waals surface area contributed by atoms with Crippen LogP contribution in [0.15, 0.2) is 24.3 Å². The van der Waals surface area contributed by atoms with Crippen molar-refractivity contribution in [3.8, 4) is 0 Å². The van der Waals surface area contributed by atoms with Crippen LogP contribution in [0.4, 0.5) is 5.69 Å². The van der Waals surface area contributed by atoms with Crippen LogP contribution in [0.1, 0.15) is 63.2 Å². The maximum absolute atomic E-state index is 13.1. The van der Waals surface area contributed by atoms with Crippen molar-refractivity contribution in [3.63, 3.8) is 0 Å². The number of nitrogens with zero attached hydrogens (tertiary/aromatic N) is 2. The summed E-state index contributed by atoms with van der Waals surface area (Å²) in [5.41, 5.74) is 4.39. The van der Waals surface area contributed by atoms with Crippen LogP contribution >= 0.6 is 0 Å². The van der Waals surface area contributed by atoms with Crippen molar-refractivity contribution < 1.29 is 19.1 Å². The van der Waals surface area contributed by atoms with Crippen LogP contribution in [-0.4, -0.2) is 66.8 Å². The van der Waals surface area contributed by atoms with Gasteiger partial charge in [-0.05, 0) is 57.0 Å². The highest BCUT2D eigenvalue weighted by atomic mass is 16.5. The van der Waals surface area contributed by atoms with Gasteiger partial charge < -0.3 is 14.6 Å². The number of nitrogens with one attached hydrogen (secondary N) is 1. The number of hydrogen-bond acceptors (Lipinski definition) is 6. The van der Waals surface area contributed by atoms with Crippen LogP contribution in [0.5, 0.6) is 0 Å². The first kappa shape index (κ1) is 22.7. The number of aryl methyl sites for hydroxylation is 1. The monoisotopic (exact) mass is 425 g/mol. The summed E-state index contributed by atoms with van der Waals surface area (Å²) in [5.74, 6) is -0.331. The van der Waals surface area contributed by atoms with Crippen molar-refractivity contribution in [3.05, 3.63) is 52.3 Å². The van der Waals surface area contributed by atoms with Gasteiger partial charge in [0.1, 0.15) is 0 Å². The summed E-state index contributed by atoms with van der Waals surface area (Å²) >= 11 is 0. The predicted molar refractivity (Wildman–Crippen MR) is 120 cm³/mol. The number of carbonyl (C=O) groups excluding carboxylic acids is 3. The van der Waals surface area contributed by atoms with E-state index in [2.05, 4.69) is 21.7 Å². The lowest BCUT2D eigenvalue weighted by Gasteiger charge is -2.40. The number of methoxy groups -OCH3 is 1. The van der Waals surface area contributed by atoms with Crippen molar-refractivity contribution in [2.24, 2.45) is 0 Å². The first-order valence-electron chi connectivity index (χ1n) is 10.7. The van der Waals surface area contributed by atoms with Gasteiger partial charge in [0, 0.05) is 42.6 Å². The number of ketones is 2. The standard InChI is InChI=1S/C24H31N3O4/c1-6-20-22(17(4)28)16(3)25-23(20)21(29)14-26-11-12-27(13-15(26)2)19-9-7-18(8-10-19)24(30)31-5/h7-10,15,25H,6,11-14H2,1-5H3. The third kappa shape index (κ3) is 4.71. The van der Waals surface area contributed by atoms with Crippen LogP contribution in [0.2, 0.25) is 0 Å². The van der Waals surface area contributed by atoms with Gasteiger partial charge in [0.05, 0.1) is 24.9 Å². The van der Waals surface area contributed by atoms with Gasteiger partial charge in [-0.2, -0.15) is 0 Å². The molecule has 1 aromatic heterocycles. The van der Waals surface area contributed by atoms with Crippen LogP contribution in [-0.2, 0) is 11.2 Å². The largest absolute Gasteiger partial charge is 0.465 e. The number of Topliss-reactive ketones (excluding diaryl/α,β-unsaturated/α-hetero) is 2. The molecule has 1 unspecified atom stereocenters. The Morgan fingerprint density at radius 3 is 2.39 bits per heavy atom. The Hall–Kier alpha value is -2.93. The first-order chi connectivity index (χ1) is 14.8. The Morgan fingerprint density at radius 1 is 1.16 bits per heavy atom. The maximum Gasteiger partial charge on any atom is 0.337 e. The van der Waals surface area contributed by atoms with Crippen molar-refractivity contribution in [1.29, 1.82) is 0 Å². The molecule has 1 N–H and O–H groups in total. The Labute approximate surface area is 183 Å². The molecule has 1 fully saturated rings. The van der Waals surface area contributed by atoms with E-state index in [0.29, 0.717) is 29.8 Å². The number of aromatic amines is 1. The SMILES string of the molecule is CCc1c(C(=O)CN2CCN(c3ccc(C(=O)OC)cc3)CC2C)[nH]c(C)c1C(C)=O. The highest BCUT2D eigenvalue weighted by Crippen LogP contribution is 2.23. The minimum Gasteiger partial charge on any atom is -0.465 e. The summed E-state index contributed by atoms with van der Waals surface area (Å²) in [4.78, 5) is 44.3. The zero-order chi connectivity index (χ0) is 22.7. The molecule has 0 spiro atoms. The van der Waals surface area contributed by atoms with Crippen LogP contribution in [0, 0.1) is 6.92 Å². The van der Waals surface area contributed by atoms with Crippen molar-refractivity contribution in [2.45, 2.75) is 40.2 Å². The predicted octanol–water partition coefficient (Wildman–Crippen LogP) is 3.27. The number of hydrogen-bond donors (Lipinski definition) is 1. The molecule has 7 heteroatoms. The van der Waals surface area contributed by atoms with E-state index in [4.69, 9.17) is 4.74 Å². The molecule has 1 aliphatic rings. The number of H-pyrrole nitrogens is 1. The molecule has 2 aromatic rings. The van der Waals surface area contributed by atoms with E-state index in [9.17, 15) is 14.4 Å². The average Bonchev–Trinajstić information content (AvgIpc) is 3.11. The van der Waals surface area contributed by atoms with E-state index in [1.54, 1.807) is 19.1 Å². The molecule has 1 aliphatic heterocycles. The number of piperazine rings is 1. The van der Waals surface area contributed by atoms with Gasteiger partial charge in [0.15, 0.2) is 11.6 Å². The molecule has 1 saturated heterocycles. The molecule has 0 bridgehead atoms. The van der Waals surface area contributed by atoms with Gasteiger partial charge in [0.25, 0.3) is 0 Å². The van der Waals surface area contributed by atoms with E-state index in [1.165, 1.54) is 7.11 Å². The summed E-state index contributed by atoms with van der Waals surface area (Å²) in [6.45, 7) is 10.1. The van der Waals surface area contributed by atoms with Gasteiger partial charge in [-0.25, -0.2) is 4.79 Å². The molecule has 31 heavy (non-hydrogen) atoms. The van der Waals surface area contributed by atoms with Crippen LogP contribution < -0.4 is 4.90 Å². The van der Waals surface area contributed by atoms with Crippen molar-refractivity contribution in [1.82, 2.24) is 9.88 Å². The summed E-state index contributed by atoms with van der Waals surface area (Å²) < 4.78 is 4.75. The summed E-state index contributed by atoms with van der Waals surface area (Å²) in [5, 5.41) is 0. The van der Waals surface area contributed by atoms with Gasteiger partial charge in [-0.3, -0.25) is 14.5 Å². The minimum atomic E-state index is -0.345. The van der Waals surface area contributed by atoms with E-state index in [1.807, 2.05) is 26.0 Å². The van der Waals surface area contributed by atoms with Crippen LogP contribution in [0.25, 0.3) is 0 Å². The molecular formula is C24H31N3O4. The van der Waals surface area contributed by atoms with Gasteiger partial charge >= 0.3 is 5.97 Å². The Balaban J connectivity index is 1.67. The number of aromatic nitrogens is 1. The van der Waals surface area contributed by atoms with Gasteiger partial charge in [-0.1, -0.05) is 6.92 Å². The average molecular weight is 426 g/mol. The van der Waals surface area contributed by atoms with Crippen LogP contribution in [0.3, 0.4) is 0 Å². The lowest BCUT2D eigenvalue weighted by atomic mass is 10.0. The van der Waals surface area contributed by atoms with E-state index in [-0.39, 0.29) is 23.6 Å². The Morgan fingerprint density at radius 2 is 1.84 bits per heavy atom. The number of ether oxygens (including phenoxy) is 1. The second kappa shape index (κ2) is 9.47. The molecule has 1 aromatic carbocycles. The number of anilines is 1. The maximum atomic E-state index is 13.1. The number of carbonyl (C=O) groups is 3. The lowest BCUT2D eigenvalue weighted by Crippen LogP contribution is -2.53. The summed E-state index contributed by atoms with van der Waals surface area (Å²) in [6.07, 6.45) is 0.644. The molecule has 0 radical (unpaired) electrons. The quantitative estimate of drug-likeness (QED) is 0.542. The van der Waals surface area contributed by atoms with Gasteiger partial charge in [-0.15, -0.1) is 0 Å². The third-order valence-electron chi connectivity index (χ3n) is 6.04. The van der Waals surface area contributed by atoms with E-state index >= 15 is 0 Å². The molecule has 0 amide bonds. The number of esters is 1. The minimum absolute atomic E-state index is 0.00940. The molecular weight excluding hydrogens is 394 g/mol. The first-order valence-corrected chi connectivity index (χ1v) is 10.7. The molecule has 2 heterocycles. The molecule has 166 valence electrons. The van der Waals surface area contributed by atoms with Gasteiger partial charge in [0.2, 0.25) is 0 Å². The van der Waals surface area contributed by atoms with Crippen molar-refractivity contribution >= 4 is 23.2 Å². The molecule has 7 nitrogen and oxygen atoms in total. The number of benzene rings is 1. The molecule has 3 rings (SSSR count). The topological polar surface area (TPSA) is 82.7 Å². The molecule has 1 atom stereocenters. The second-order valence-electron chi connectivity index (χ2n) is 8.12. The molecule has 0 saturated carbocycles. The van der Waals surface area contributed by atoms with E-state index in [0.717, 1.165) is 36.6 Å². The fourth-order valence-corrected chi connectivity index (χ4v) is 4.40. The fraction of sp³-hybridized carbons (Fsp3) is 0.458. The smallest absolute Gasteiger partial charge is 0.337 e. The normalized spacial score (nSPS) is 16.9. The Bertz CT molecular complexity index is 977. The highest BCUT2D eigenvalue weighted by molar-refractivity contribution is 6.04. The van der Waals surface area contributed by atoms with E-state index < -0.39 is 0 Å². The highest BCUT2D eigenvalue weighted by Gasteiger charge is 2.28.